The molecular weight excluding hydrogens is 226 g/mol. The van der Waals surface area contributed by atoms with Crippen LogP contribution < -0.4 is 14.8 Å². The summed E-state index contributed by atoms with van der Waals surface area (Å²) in [4.78, 5) is 0. The van der Waals surface area contributed by atoms with Gasteiger partial charge in [0.25, 0.3) is 0 Å². The topological polar surface area (TPSA) is 30.5 Å². The van der Waals surface area contributed by atoms with Gasteiger partial charge in [-0.1, -0.05) is 32.4 Å². The predicted octanol–water partition coefficient (Wildman–Crippen LogP) is 3.10. The Morgan fingerprint density at radius 3 is 2.44 bits per heavy atom. The maximum atomic E-state index is 5.70. The number of benzene rings is 1. The molecule has 0 amide bonds. The lowest BCUT2D eigenvalue weighted by Crippen LogP contribution is -2.34. The normalized spacial score (nSPS) is 14.0. The van der Waals surface area contributed by atoms with E-state index in [1.54, 1.807) is 7.11 Å². The van der Waals surface area contributed by atoms with Crippen molar-refractivity contribution in [2.75, 3.05) is 20.3 Å². The molecule has 1 N–H and O–H groups in total. The van der Waals surface area contributed by atoms with Gasteiger partial charge >= 0.3 is 0 Å². The van der Waals surface area contributed by atoms with Crippen molar-refractivity contribution in [1.29, 1.82) is 0 Å². The van der Waals surface area contributed by atoms with E-state index in [1.165, 1.54) is 6.42 Å². The number of ether oxygens (including phenoxy) is 2. The zero-order valence-electron chi connectivity index (χ0n) is 11.9. The third-order valence-corrected chi connectivity index (χ3v) is 3.39. The van der Waals surface area contributed by atoms with E-state index in [-0.39, 0.29) is 0 Å². The molecule has 0 saturated heterocycles. The minimum absolute atomic E-state index is 0.524. The van der Waals surface area contributed by atoms with Gasteiger partial charge in [-0.25, -0.2) is 0 Å². The monoisotopic (exact) mass is 251 g/mol. The summed E-state index contributed by atoms with van der Waals surface area (Å²) in [5.41, 5.74) is 0. The first kappa shape index (κ1) is 14.8. The van der Waals surface area contributed by atoms with Crippen LogP contribution in [0, 0.1) is 5.92 Å². The van der Waals surface area contributed by atoms with Crippen LogP contribution in [0.15, 0.2) is 24.3 Å². The maximum Gasteiger partial charge on any atom is 0.161 e. The van der Waals surface area contributed by atoms with E-state index in [0.29, 0.717) is 18.6 Å². The highest BCUT2D eigenvalue weighted by Gasteiger charge is 2.09. The number of rotatable bonds is 8. The van der Waals surface area contributed by atoms with E-state index in [2.05, 4.69) is 26.1 Å². The summed E-state index contributed by atoms with van der Waals surface area (Å²) in [6.45, 7) is 8.20. The van der Waals surface area contributed by atoms with E-state index in [4.69, 9.17) is 9.47 Å². The fourth-order valence-corrected chi connectivity index (χ4v) is 1.74. The number of nitrogens with one attached hydrogen (secondary N) is 1. The highest BCUT2D eigenvalue weighted by Crippen LogP contribution is 2.25. The van der Waals surface area contributed by atoms with E-state index >= 15 is 0 Å². The van der Waals surface area contributed by atoms with Crippen LogP contribution in [0.1, 0.15) is 27.2 Å². The molecule has 0 aliphatic rings. The van der Waals surface area contributed by atoms with Crippen molar-refractivity contribution in [2.45, 2.75) is 33.2 Å². The Kier molecular flexibility index (Phi) is 6.58. The van der Waals surface area contributed by atoms with Gasteiger partial charge in [-0.15, -0.1) is 0 Å². The number of methoxy groups -OCH3 is 1. The molecule has 102 valence electrons. The quantitative estimate of drug-likeness (QED) is 0.720. The minimum atomic E-state index is 0.524. The first-order valence-electron chi connectivity index (χ1n) is 6.68. The molecule has 0 aliphatic heterocycles. The maximum absolute atomic E-state index is 5.70. The molecule has 1 aromatic rings. The van der Waals surface area contributed by atoms with Crippen molar-refractivity contribution < 1.29 is 9.47 Å². The fraction of sp³-hybridized carbons (Fsp3) is 0.600. The average Bonchev–Trinajstić information content (AvgIpc) is 2.42. The highest BCUT2D eigenvalue weighted by molar-refractivity contribution is 5.39. The summed E-state index contributed by atoms with van der Waals surface area (Å²) in [6, 6.07) is 8.25. The molecule has 1 aromatic carbocycles. The summed E-state index contributed by atoms with van der Waals surface area (Å²) in [6.07, 6.45) is 1.20. The van der Waals surface area contributed by atoms with Crippen LogP contribution in [0.4, 0.5) is 0 Å². The summed E-state index contributed by atoms with van der Waals surface area (Å²) in [7, 11) is 1.66. The zero-order valence-corrected chi connectivity index (χ0v) is 11.9. The molecular formula is C15H25NO2. The largest absolute Gasteiger partial charge is 0.493 e. The highest BCUT2D eigenvalue weighted by atomic mass is 16.5. The molecule has 1 rings (SSSR count). The number of para-hydroxylation sites is 2. The van der Waals surface area contributed by atoms with Gasteiger partial charge < -0.3 is 14.8 Å². The lowest BCUT2D eigenvalue weighted by molar-refractivity contribution is 0.277. The van der Waals surface area contributed by atoms with Crippen LogP contribution in [0.3, 0.4) is 0 Å². The van der Waals surface area contributed by atoms with E-state index in [0.717, 1.165) is 18.0 Å². The molecule has 0 aliphatic carbocycles. The second-order valence-corrected chi connectivity index (χ2v) is 4.63. The van der Waals surface area contributed by atoms with Crippen molar-refractivity contribution >= 4 is 0 Å². The molecule has 0 heterocycles. The van der Waals surface area contributed by atoms with Crippen LogP contribution in [0.2, 0.25) is 0 Å². The second-order valence-electron chi connectivity index (χ2n) is 4.63. The van der Waals surface area contributed by atoms with Gasteiger partial charge in [0, 0.05) is 12.6 Å². The first-order chi connectivity index (χ1) is 8.69. The second kappa shape index (κ2) is 7.98. The van der Waals surface area contributed by atoms with Crippen molar-refractivity contribution in [3.05, 3.63) is 24.3 Å². The zero-order chi connectivity index (χ0) is 13.4. The molecule has 0 bridgehead atoms. The SMILES string of the molecule is CCC(C)C(C)NCCOc1ccccc1OC. The Morgan fingerprint density at radius 1 is 1.17 bits per heavy atom. The smallest absolute Gasteiger partial charge is 0.161 e. The average molecular weight is 251 g/mol. The van der Waals surface area contributed by atoms with Crippen molar-refractivity contribution in [1.82, 2.24) is 5.32 Å². The number of hydrogen-bond donors (Lipinski definition) is 1. The lowest BCUT2D eigenvalue weighted by atomic mass is 10.0. The van der Waals surface area contributed by atoms with Gasteiger partial charge in [0.15, 0.2) is 11.5 Å². The molecule has 0 radical (unpaired) electrons. The Balaban J connectivity index is 2.29. The Hall–Kier alpha value is -1.22. The number of hydrogen-bond acceptors (Lipinski definition) is 3. The van der Waals surface area contributed by atoms with E-state index in [9.17, 15) is 0 Å². The van der Waals surface area contributed by atoms with Gasteiger partial charge in [0.1, 0.15) is 6.61 Å². The molecule has 0 spiro atoms. The van der Waals surface area contributed by atoms with Gasteiger partial charge in [0.05, 0.1) is 7.11 Å². The van der Waals surface area contributed by atoms with E-state index in [1.807, 2.05) is 24.3 Å². The summed E-state index contributed by atoms with van der Waals surface area (Å²) in [5, 5.41) is 3.48. The van der Waals surface area contributed by atoms with Crippen LogP contribution >= 0.6 is 0 Å². The third kappa shape index (κ3) is 4.57. The van der Waals surface area contributed by atoms with Gasteiger partial charge in [-0.05, 0) is 25.0 Å². The minimum Gasteiger partial charge on any atom is -0.493 e. The first-order valence-corrected chi connectivity index (χ1v) is 6.68. The van der Waals surface area contributed by atoms with Gasteiger partial charge in [0.2, 0.25) is 0 Å². The van der Waals surface area contributed by atoms with Crippen molar-refractivity contribution in [3.63, 3.8) is 0 Å². The Morgan fingerprint density at radius 2 is 1.83 bits per heavy atom. The van der Waals surface area contributed by atoms with Crippen molar-refractivity contribution in [3.8, 4) is 11.5 Å². The summed E-state index contributed by atoms with van der Waals surface area (Å²) >= 11 is 0. The molecule has 0 saturated carbocycles. The third-order valence-electron chi connectivity index (χ3n) is 3.39. The van der Waals surface area contributed by atoms with Gasteiger partial charge in [-0.3, -0.25) is 0 Å². The molecule has 0 fully saturated rings. The fourth-order valence-electron chi connectivity index (χ4n) is 1.74. The standard InChI is InChI=1S/C15H25NO2/c1-5-12(2)13(3)16-10-11-18-15-9-7-6-8-14(15)17-4/h6-9,12-13,16H,5,10-11H2,1-4H3. The van der Waals surface area contributed by atoms with E-state index < -0.39 is 0 Å². The van der Waals surface area contributed by atoms with Crippen LogP contribution in [-0.4, -0.2) is 26.3 Å². The molecule has 3 heteroatoms. The summed E-state index contributed by atoms with van der Waals surface area (Å²) < 4.78 is 10.9. The molecule has 0 aromatic heterocycles. The molecule has 2 unspecified atom stereocenters. The summed E-state index contributed by atoms with van der Waals surface area (Å²) in [5.74, 6) is 2.28. The van der Waals surface area contributed by atoms with Crippen LogP contribution in [0.5, 0.6) is 11.5 Å². The molecule has 3 nitrogen and oxygen atoms in total. The molecule has 18 heavy (non-hydrogen) atoms. The van der Waals surface area contributed by atoms with Crippen LogP contribution in [-0.2, 0) is 0 Å². The molecule has 2 atom stereocenters. The van der Waals surface area contributed by atoms with Gasteiger partial charge in [-0.2, -0.15) is 0 Å². The Bertz CT molecular complexity index is 341. The lowest BCUT2D eigenvalue weighted by Gasteiger charge is -2.20. The predicted molar refractivity (Wildman–Crippen MR) is 75.4 cm³/mol. The van der Waals surface area contributed by atoms with Crippen molar-refractivity contribution in [2.24, 2.45) is 5.92 Å². The Labute approximate surface area is 110 Å². The van der Waals surface area contributed by atoms with Crippen LogP contribution in [0.25, 0.3) is 0 Å².